The van der Waals surface area contributed by atoms with E-state index in [0.29, 0.717) is 51.1 Å². The van der Waals surface area contributed by atoms with E-state index < -0.39 is 15.8 Å². The lowest BCUT2D eigenvalue weighted by atomic mass is 9.98. The van der Waals surface area contributed by atoms with Gasteiger partial charge in [0, 0.05) is 48.0 Å². The molecule has 5 aromatic rings. The van der Waals surface area contributed by atoms with Crippen molar-refractivity contribution in [2.45, 2.75) is 19.8 Å². The summed E-state index contributed by atoms with van der Waals surface area (Å²) in [5.74, 6) is -0.730. The van der Waals surface area contributed by atoms with E-state index in [-0.39, 0.29) is 35.1 Å². The van der Waals surface area contributed by atoms with Gasteiger partial charge >= 0.3 is 0 Å². The highest BCUT2D eigenvalue weighted by molar-refractivity contribution is 7.92. The molecule has 0 saturated heterocycles. The van der Waals surface area contributed by atoms with Crippen LogP contribution < -0.4 is 4.31 Å². The zero-order valence-corrected chi connectivity index (χ0v) is 25.0. The van der Waals surface area contributed by atoms with E-state index >= 15 is 0 Å². The summed E-state index contributed by atoms with van der Waals surface area (Å²) in [5, 5.41) is 0.447. The Labute approximate surface area is 253 Å². The van der Waals surface area contributed by atoms with Crippen molar-refractivity contribution in [2.24, 2.45) is 0 Å². The van der Waals surface area contributed by atoms with Crippen LogP contribution in [0.1, 0.15) is 46.2 Å². The maximum Gasteiger partial charge on any atom is 0.232 e. The number of rotatable bonds is 8. The summed E-state index contributed by atoms with van der Waals surface area (Å²) in [4.78, 5) is 22.8. The maximum absolute atomic E-state index is 14.6. The minimum atomic E-state index is -3.75. The van der Waals surface area contributed by atoms with Crippen LogP contribution >= 0.6 is 0 Å². The van der Waals surface area contributed by atoms with Crippen molar-refractivity contribution in [3.8, 4) is 22.6 Å². The van der Waals surface area contributed by atoms with Crippen LogP contribution in [0.4, 0.5) is 14.5 Å². The number of hydrogen-bond donors (Lipinski definition) is 0. The monoisotopic (exact) mass is 611 g/mol. The highest BCUT2D eigenvalue weighted by Gasteiger charge is 2.27. The fourth-order valence-electron chi connectivity index (χ4n) is 5.43. The molecular weight excluding hydrogens is 584 g/mol. The number of benzene rings is 3. The normalized spacial score (nSPS) is 12.7. The van der Waals surface area contributed by atoms with E-state index in [1.54, 1.807) is 37.3 Å². The lowest BCUT2D eigenvalue weighted by Gasteiger charge is -2.20. The topological polar surface area (TPSA) is 93.4 Å². The maximum atomic E-state index is 14.6. The van der Waals surface area contributed by atoms with Gasteiger partial charge in [0.05, 0.1) is 40.8 Å². The smallest absolute Gasteiger partial charge is 0.232 e. The fraction of sp³-hybridized carbons (Fsp3) is 0.147. The summed E-state index contributed by atoms with van der Waals surface area (Å²) in [6, 6.07) is 13.7. The van der Waals surface area contributed by atoms with E-state index in [2.05, 4.69) is 11.6 Å². The average molecular weight is 612 g/mol. The molecule has 0 aliphatic heterocycles. The number of carbonyl (C=O) groups is 1. The van der Waals surface area contributed by atoms with Gasteiger partial charge < -0.3 is 4.42 Å². The van der Waals surface area contributed by atoms with Gasteiger partial charge in [-0.15, -0.1) is 0 Å². The van der Waals surface area contributed by atoms with Crippen molar-refractivity contribution in [3.63, 3.8) is 0 Å². The first-order chi connectivity index (χ1) is 21.0. The minimum Gasteiger partial charge on any atom is -0.455 e. The fourth-order valence-corrected chi connectivity index (χ4v) is 5.94. The number of aromatic nitrogens is 2. The number of Topliss-reactive ketones (excluding diaryl/α,β-unsaturated/α-hetero) is 1. The van der Waals surface area contributed by atoms with Crippen LogP contribution in [0, 0.1) is 11.6 Å². The number of halogens is 2. The quantitative estimate of drug-likeness (QED) is 0.168. The number of sulfonamides is 1. The summed E-state index contributed by atoms with van der Waals surface area (Å²) in [6.07, 6.45) is 6.48. The molecule has 0 saturated carbocycles. The number of carbonyl (C=O) groups excluding carboxylic acids is 1. The Morgan fingerprint density at radius 2 is 1.89 bits per heavy atom. The highest BCUT2D eigenvalue weighted by atomic mass is 32.2. The second-order valence-electron chi connectivity index (χ2n) is 10.5. The van der Waals surface area contributed by atoms with Gasteiger partial charge in [-0.2, -0.15) is 0 Å². The molecule has 1 aliphatic rings. The molecule has 2 heterocycles. The summed E-state index contributed by atoms with van der Waals surface area (Å²) >= 11 is 0. The molecule has 0 bridgehead atoms. The van der Waals surface area contributed by atoms with Gasteiger partial charge in [-0.05, 0) is 59.7 Å². The van der Waals surface area contributed by atoms with Gasteiger partial charge in [0.2, 0.25) is 10.0 Å². The van der Waals surface area contributed by atoms with E-state index in [4.69, 9.17) is 9.40 Å². The van der Waals surface area contributed by atoms with Crippen molar-refractivity contribution in [1.82, 2.24) is 9.97 Å². The van der Waals surface area contributed by atoms with Gasteiger partial charge in [0.15, 0.2) is 5.78 Å². The number of ketones is 1. The Morgan fingerprint density at radius 1 is 1.14 bits per heavy atom. The van der Waals surface area contributed by atoms with Crippen LogP contribution in [0.25, 0.3) is 51.3 Å². The predicted octanol–water partition coefficient (Wildman–Crippen LogP) is 7.56. The van der Waals surface area contributed by atoms with Gasteiger partial charge in [-0.1, -0.05) is 25.6 Å². The highest BCUT2D eigenvalue weighted by Crippen LogP contribution is 2.42. The first-order valence-corrected chi connectivity index (χ1v) is 15.7. The van der Waals surface area contributed by atoms with E-state index in [1.807, 2.05) is 6.07 Å². The first kappa shape index (κ1) is 29.1. The Balaban J connectivity index is 1.61. The number of fused-ring (bicyclic) bond motifs is 2. The van der Waals surface area contributed by atoms with E-state index in [1.165, 1.54) is 43.6 Å². The molecule has 222 valence electrons. The molecule has 1 aliphatic carbocycles. The number of nitrogens with zero attached hydrogens (tertiary/aromatic N) is 3. The predicted molar refractivity (Wildman–Crippen MR) is 169 cm³/mol. The van der Waals surface area contributed by atoms with Crippen LogP contribution in [-0.4, -0.2) is 37.5 Å². The zero-order valence-electron chi connectivity index (χ0n) is 24.2. The van der Waals surface area contributed by atoms with Gasteiger partial charge in [-0.3, -0.25) is 14.1 Å². The number of hydrogen-bond acceptors (Lipinski definition) is 6. The second-order valence-corrected chi connectivity index (χ2v) is 12.6. The standard InChI is InChI=1S/C34H27F2N3O4S/c1-5-27-33(21-14-20-8-7-9-26(36)23(20)15-21)38-28(18-37-27)24-16-25-31(17-29(24)39(3)44(4,41)42)43-34(32(25)30(40)6-2)19-10-12-22(35)13-11-19/h5,7-13,15-18H,1,6,14H2,2-4H3. The number of anilines is 1. The minimum absolute atomic E-state index is 0.173. The van der Waals surface area contributed by atoms with Crippen molar-refractivity contribution < 1.29 is 26.4 Å². The SMILES string of the molecule is C=Cc1ncc(-c2cc3c(C(=O)CC)c(-c4ccc(F)cc4)oc3cc2N(C)S(C)(=O)=O)nc1C1=Cc2c(F)cccc2C1. The molecule has 7 nitrogen and oxygen atoms in total. The molecule has 0 spiro atoms. The molecule has 0 atom stereocenters. The molecule has 0 N–H and O–H groups in total. The van der Waals surface area contributed by atoms with Crippen LogP contribution in [0.5, 0.6) is 0 Å². The molecule has 2 aromatic heterocycles. The molecule has 6 rings (SSSR count). The summed E-state index contributed by atoms with van der Waals surface area (Å²) in [5.41, 5.74) is 5.02. The Hall–Kier alpha value is -4.96. The summed E-state index contributed by atoms with van der Waals surface area (Å²) in [7, 11) is -2.34. The van der Waals surface area contributed by atoms with Gasteiger partial charge in [-0.25, -0.2) is 22.2 Å². The van der Waals surface area contributed by atoms with E-state index in [9.17, 15) is 22.0 Å². The second kappa shape index (κ2) is 10.9. The third kappa shape index (κ3) is 5.01. The van der Waals surface area contributed by atoms with Crippen LogP contribution in [-0.2, 0) is 16.4 Å². The summed E-state index contributed by atoms with van der Waals surface area (Å²) < 4.78 is 61.1. The van der Waals surface area contributed by atoms with Gasteiger partial charge in [0.1, 0.15) is 23.0 Å². The molecule has 44 heavy (non-hydrogen) atoms. The zero-order chi connectivity index (χ0) is 31.3. The Kier molecular flexibility index (Phi) is 7.25. The summed E-state index contributed by atoms with van der Waals surface area (Å²) in [6.45, 7) is 5.59. The average Bonchev–Trinajstić information content (AvgIpc) is 3.62. The number of allylic oxidation sites excluding steroid dienone is 1. The molecule has 3 aromatic carbocycles. The lowest BCUT2D eigenvalue weighted by molar-refractivity contribution is 0.0989. The van der Waals surface area contributed by atoms with Crippen molar-refractivity contribution >= 4 is 50.2 Å². The number of furan rings is 1. The van der Waals surface area contributed by atoms with Crippen LogP contribution in [0.2, 0.25) is 0 Å². The third-order valence-electron chi connectivity index (χ3n) is 7.77. The largest absolute Gasteiger partial charge is 0.455 e. The third-order valence-corrected chi connectivity index (χ3v) is 8.96. The van der Waals surface area contributed by atoms with Gasteiger partial charge in [0.25, 0.3) is 0 Å². The van der Waals surface area contributed by atoms with Crippen LogP contribution in [0.3, 0.4) is 0 Å². The Morgan fingerprint density at radius 3 is 2.55 bits per heavy atom. The molecule has 10 heteroatoms. The lowest BCUT2D eigenvalue weighted by Crippen LogP contribution is -2.25. The molecular formula is C34H27F2N3O4S. The molecule has 0 amide bonds. The van der Waals surface area contributed by atoms with E-state index in [0.717, 1.165) is 21.7 Å². The Bertz CT molecular complexity index is 2130. The first-order valence-electron chi connectivity index (χ1n) is 13.8. The van der Waals surface area contributed by atoms with Crippen molar-refractivity contribution in [1.29, 1.82) is 0 Å². The molecule has 0 radical (unpaired) electrons. The molecule has 0 fully saturated rings. The van der Waals surface area contributed by atoms with Crippen molar-refractivity contribution in [3.05, 3.63) is 107 Å². The van der Waals surface area contributed by atoms with Crippen LogP contribution in [0.15, 0.2) is 71.8 Å². The molecule has 0 unspecified atom stereocenters. The van der Waals surface area contributed by atoms with Crippen molar-refractivity contribution in [2.75, 3.05) is 17.6 Å².